The molecule has 0 saturated carbocycles. The van der Waals surface area contributed by atoms with Crippen LogP contribution in [0.15, 0.2) is 54.6 Å². The molecule has 2 N–H and O–H groups in total. The third kappa shape index (κ3) is 6.52. The molecule has 0 heterocycles. The maximum Gasteiger partial charge on any atom is 0.330 e. The first-order chi connectivity index (χ1) is 13.3. The molecule has 28 heavy (non-hydrogen) atoms. The van der Waals surface area contributed by atoms with Gasteiger partial charge in [0.1, 0.15) is 18.3 Å². The summed E-state index contributed by atoms with van der Waals surface area (Å²) in [4.78, 5) is 45.6. The van der Waals surface area contributed by atoms with Crippen LogP contribution in [-0.2, 0) is 20.8 Å². The lowest BCUT2D eigenvalue weighted by Gasteiger charge is -2.17. The second-order valence-corrected chi connectivity index (χ2v) is 5.89. The first-order valence-corrected chi connectivity index (χ1v) is 8.39. The minimum atomic E-state index is -0.841. The van der Waals surface area contributed by atoms with Gasteiger partial charge >= 0.3 is 5.97 Å². The van der Waals surface area contributed by atoms with Gasteiger partial charge < -0.3 is 15.4 Å². The van der Waals surface area contributed by atoms with Crippen LogP contribution in [0, 0.1) is 10.1 Å². The number of hydrogen-bond acceptors (Lipinski definition) is 6. The third-order valence-corrected chi connectivity index (χ3v) is 3.66. The van der Waals surface area contributed by atoms with Crippen LogP contribution < -0.4 is 15.4 Å². The SMILES string of the molecule is CC(=O)N[C@@H](Cc1ccccc1)C(=O)NCC(=O)Oc1ccc([N+](=O)[O-])cc1. The minimum Gasteiger partial charge on any atom is -0.425 e. The molecule has 0 aliphatic rings. The number of nitro benzene ring substituents is 1. The van der Waals surface area contributed by atoms with E-state index in [1.54, 1.807) is 0 Å². The number of nitrogens with one attached hydrogen (secondary N) is 2. The van der Waals surface area contributed by atoms with E-state index in [0.717, 1.165) is 5.56 Å². The minimum absolute atomic E-state index is 0.118. The molecule has 9 nitrogen and oxygen atoms in total. The van der Waals surface area contributed by atoms with Crippen molar-refractivity contribution in [2.24, 2.45) is 0 Å². The summed E-state index contributed by atoms with van der Waals surface area (Å²) in [7, 11) is 0. The third-order valence-electron chi connectivity index (χ3n) is 3.66. The van der Waals surface area contributed by atoms with Gasteiger partial charge in [-0.15, -0.1) is 0 Å². The quantitative estimate of drug-likeness (QED) is 0.306. The molecule has 0 radical (unpaired) electrons. The Morgan fingerprint density at radius 2 is 1.71 bits per heavy atom. The highest BCUT2D eigenvalue weighted by molar-refractivity contribution is 5.89. The largest absolute Gasteiger partial charge is 0.425 e. The van der Waals surface area contributed by atoms with E-state index in [2.05, 4.69) is 10.6 Å². The van der Waals surface area contributed by atoms with Crippen molar-refractivity contribution in [2.45, 2.75) is 19.4 Å². The number of ether oxygens (including phenoxy) is 1. The summed E-state index contributed by atoms with van der Waals surface area (Å²) in [6.45, 7) is 0.884. The number of non-ortho nitro benzene ring substituents is 1. The van der Waals surface area contributed by atoms with Crippen LogP contribution >= 0.6 is 0 Å². The van der Waals surface area contributed by atoms with Gasteiger partial charge in [-0.05, 0) is 17.7 Å². The van der Waals surface area contributed by atoms with Crippen LogP contribution in [0.5, 0.6) is 5.75 Å². The zero-order valence-corrected chi connectivity index (χ0v) is 15.1. The molecule has 0 fully saturated rings. The van der Waals surface area contributed by atoms with Gasteiger partial charge in [-0.3, -0.25) is 19.7 Å². The van der Waals surface area contributed by atoms with Crippen molar-refractivity contribution < 1.29 is 24.0 Å². The fourth-order valence-electron chi connectivity index (χ4n) is 2.39. The van der Waals surface area contributed by atoms with E-state index >= 15 is 0 Å². The first-order valence-electron chi connectivity index (χ1n) is 8.39. The van der Waals surface area contributed by atoms with Crippen molar-refractivity contribution in [3.63, 3.8) is 0 Å². The summed E-state index contributed by atoms with van der Waals surface area (Å²) in [6.07, 6.45) is 0.268. The number of carbonyl (C=O) groups is 3. The average molecular weight is 385 g/mol. The molecule has 146 valence electrons. The smallest absolute Gasteiger partial charge is 0.330 e. The Morgan fingerprint density at radius 3 is 2.29 bits per heavy atom. The highest BCUT2D eigenvalue weighted by Gasteiger charge is 2.21. The number of hydrogen-bond donors (Lipinski definition) is 2. The number of rotatable bonds is 8. The van der Waals surface area contributed by atoms with E-state index in [0.29, 0.717) is 0 Å². The highest BCUT2D eigenvalue weighted by Crippen LogP contribution is 2.17. The van der Waals surface area contributed by atoms with Crippen molar-refractivity contribution in [1.29, 1.82) is 0 Å². The number of nitrogens with zero attached hydrogens (tertiary/aromatic N) is 1. The van der Waals surface area contributed by atoms with Crippen molar-refractivity contribution in [3.05, 3.63) is 70.3 Å². The van der Waals surface area contributed by atoms with Crippen LogP contribution in [0.25, 0.3) is 0 Å². The monoisotopic (exact) mass is 385 g/mol. The highest BCUT2D eigenvalue weighted by atomic mass is 16.6. The molecule has 2 aromatic carbocycles. The van der Waals surface area contributed by atoms with E-state index in [1.165, 1.54) is 31.2 Å². The Morgan fingerprint density at radius 1 is 1.07 bits per heavy atom. The zero-order valence-electron chi connectivity index (χ0n) is 15.1. The van der Waals surface area contributed by atoms with Crippen molar-refractivity contribution in [1.82, 2.24) is 10.6 Å². The molecule has 2 aromatic rings. The summed E-state index contributed by atoms with van der Waals surface area (Å²) < 4.78 is 5.02. The molecular formula is C19H19N3O6. The number of nitro groups is 1. The summed E-state index contributed by atoms with van der Waals surface area (Å²) in [5, 5.41) is 15.6. The maximum atomic E-state index is 12.4. The second kappa shape index (κ2) is 9.81. The normalized spacial score (nSPS) is 11.2. The van der Waals surface area contributed by atoms with Crippen LogP contribution in [0.4, 0.5) is 5.69 Å². The molecule has 0 bridgehead atoms. The molecule has 0 aliphatic carbocycles. The maximum absolute atomic E-state index is 12.4. The predicted molar refractivity (Wildman–Crippen MR) is 99.5 cm³/mol. The van der Waals surface area contributed by atoms with E-state index < -0.39 is 29.4 Å². The average Bonchev–Trinajstić information content (AvgIpc) is 2.66. The summed E-state index contributed by atoms with van der Waals surface area (Å²) in [5.41, 5.74) is 0.719. The van der Waals surface area contributed by atoms with Gasteiger partial charge in [-0.2, -0.15) is 0 Å². The van der Waals surface area contributed by atoms with Crippen LogP contribution in [0.3, 0.4) is 0 Å². The summed E-state index contributed by atoms with van der Waals surface area (Å²) >= 11 is 0. The van der Waals surface area contributed by atoms with Gasteiger partial charge in [0.25, 0.3) is 5.69 Å². The fourth-order valence-corrected chi connectivity index (χ4v) is 2.39. The standard InChI is InChI=1S/C19H19N3O6/c1-13(23)21-17(11-14-5-3-2-4-6-14)19(25)20-12-18(24)28-16-9-7-15(8-10-16)22(26)27/h2-10,17H,11-12H2,1H3,(H,20,25)(H,21,23)/t17-/m0/s1. The second-order valence-electron chi connectivity index (χ2n) is 5.89. The van der Waals surface area contributed by atoms with Crippen molar-refractivity contribution >= 4 is 23.5 Å². The van der Waals surface area contributed by atoms with Gasteiger partial charge in [0.15, 0.2) is 0 Å². The molecule has 0 aliphatic heterocycles. The summed E-state index contributed by atoms with van der Waals surface area (Å²) in [5.74, 6) is -1.53. The van der Waals surface area contributed by atoms with E-state index in [1.807, 2.05) is 30.3 Å². The van der Waals surface area contributed by atoms with Crippen LogP contribution in [0.1, 0.15) is 12.5 Å². The van der Waals surface area contributed by atoms with Gasteiger partial charge in [-0.25, -0.2) is 4.79 Å². The number of benzene rings is 2. The molecular weight excluding hydrogens is 366 g/mol. The van der Waals surface area contributed by atoms with Crippen LogP contribution in [0.2, 0.25) is 0 Å². The van der Waals surface area contributed by atoms with E-state index in [-0.39, 0.29) is 23.8 Å². The van der Waals surface area contributed by atoms with Crippen molar-refractivity contribution in [3.8, 4) is 5.75 Å². The first kappa shape index (κ1) is 20.6. The predicted octanol–water partition coefficient (Wildman–Crippen LogP) is 1.36. The number of carbonyl (C=O) groups excluding carboxylic acids is 3. The lowest BCUT2D eigenvalue weighted by Crippen LogP contribution is -2.48. The van der Waals surface area contributed by atoms with Gasteiger partial charge in [0.05, 0.1) is 4.92 Å². The van der Waals surface area contributed by atoms with E-state index in [9.17, 15) is 24.5 Å². The lowest BCUT2D eigenvalue weighted by molar-refractivity contribution is -0.384. The van der Waals surface area contributed by atoms with E-state index in [4.69, 9.17) is 4.74 Å². The molecule has 1 atom stereocenters. The Balaban J connectivity index is 1.90. The van der Waals surface area contributed by atoms with Gasteiger partial charge in [0, 0.05) is 25.5 Å². The molecule has 0 saturated heterocycles. The molecule has 2 rings (SSSR count). The molecule has 0 spiro atoms. The Kier molecular flexibility index (Phi) is 7.21. The lowest BCUT2D eigenvalue weighted by atomic mass is 10.1. The van der Waals surface area contributed by atoms with Crippen LogP contribution in [-0.4, -0.2) is 35.3 Å². The van der Waals surface area contributed by atoms with Gasteiger partial charge in [0.2, 0.25) is 11.8 Å². The topological polar surface area (TPSA) is 128 Å². The Hall–Kier alpha value is -3.75. The Bertz CT molecular complexity index is 852. The molecule has 0 aromatic heterocycles. The fraction of sp³-hybridized carbons (Fsp3) is 0.211. The zero-order chi connectivity index (χ0) is 20.5. The Labute approximate surface area is 160 Å². The number of esters is 1. The summed E-state index contributed by atoms with van der Waals surface area (Å²) in [6, 6.07) is 13.3. The molecule has 9 heteroatoms. The molecule has 2 amide bonds. The molecule has 0 unspecified atom stereocenters. The van der Waals surface area contributed by atoms with Crippen molar-refractivity contribution in [2.75, 3.05) is 6.54 Å². The number of amides is 2. The van der Waals surface area contributed by atoms with Gasteiger partial charge in [-0.1, -0.05) is 30.3 Å².